The molecule has 0 spiro atoms. The van der Waals surface area contributed by atoms with Crippen LogP contribution in [0.25, 0.3) is 49.3 Å². The normalized spacial score (nSPS) is 15.0. The van der Waals surface area contributed by atoms with Gasteiger partial charge in [0.2, 0.25) is 0 Å². The Bertz CT molecular complexity index is 1690. The lowest BCUT2D eigenvalue weighted by Gasteiger charge is -2.16. The Morgan fingerprint density at radius 3 is 2.79 bits per heavy atom. The van der Waals surface area contributed by atoms with Crippen molar-refractivity contribution in [1.29, 1.82) is 0 Å². The topological polar surface area (TPSA) is 82.3 Å². The van der Waals surface area contributed by atoms with Gasteiger partial charge in [-0.1, -0.05) is 38.1 Å². The quantitative estimate of drug-likeness (QED) is 0.182. The van der Waals surface area contributed by atoms with Gasteiger partial charge in [0, 0.05) is 33.4 Å². The summed E-state index contributed by atoms with van der Waals surface area (Å²) < 4.78 is 0. The molecule has 0 aliphatic heterocycles. The molecule has 3 N–H and O–H groups in total. The summed E-state index contributed by atoms with van der Waals surface area (Å²) in [7, 11) is 0. The standard InChI is InChI=1S/C31H30N6S/c1-4-20(15-22(5-2)33-19(3)21-9-6-7-10-21)25-12-13-26-30(35-25)31(37-36-26)27-16-23-24(29-11-8-14-38-29)17-32-18-28(23)34-27/h4-5,8,11-18,21,33-34H,2-3,6-7,9-10H2,1H3,(H,36,37)/b20-4+,22-15+. The predicted molar refractivity (Wildman–Crippen MR) is 158 cm³/mol. The van der Waals surface area contributed by atoms with Crippen LogP contribution in [0.15, 0.2) is 90.9 Å². The van der Waals surface area contributed by atoms with Crippen LogP contribution < -0.4 is 5.32 Å². The molecule has 6 nitrogen and oxygen atoms in total. The van der Waals surface area contributed by atoms with Gasteiger partial charge in [-0.3, -0.25) is 10.1 Å². The number of rotatable bonds is 8. The molecule has 1 aliphatic rings. The maximum absolute atomic E-state index is 5.04. The molecule has 190 valence electrons. The zero-order valence-electron chi connectivity index (χ0n) is 21.4. The molecule has 1 fully saturated rings. The van der Waals surface area contributed by atoms with Gasteiger partial charge in [0.05, 0.1) is 28.6 Å². The Morgan fingerprint density at radius 2 is 2.03 bits per heavy atom. The molecule has 0 amide bonds. The van der Waals surface area contributed by atoms with Gasteiger partial charge in [-0.05, 0) is 73.1 Å². The minimum atomic E-state index is 0.530. The molecule has 5 heterocycles. The Kier molecular flexibility index (Phi) is 6.52. The van der Waals surface area contributed by atoms with Gasteiger partial charge in [-0.15, -0.1) is 11.3 Å². The van der Waals surface area contributed by atoms with Crippen molar-refractivity contribution in [2.75, 3.05) is 0 Å². The number of aromatic amines is 2. The maximum atomic E-state index is 5.04. The van der Waals surface area contributed by atoms with Crippen molar-refractivity contribution in [2.45, 2.75) is 32.6 Å². The highest BCUT2D eigenvalue weighted by Crippen LogP contribution is 2.35. The Labute approximate surface area is 225 Å². The van der Waals surface area contributed by atoms with Gasteiger partial charge in [0.1, 0.15) is 11.2 Å². The third-order valence-electron chi connectivity index (χ3n) is 7.29. The predicted octanol–water partition coefficient (Wildman–Crippen LogP) is 8.00. The minimum Gasteiger partial charge on any atom is -0.359 e. The lowest BCUT2D eigenvalue weighted by Crippen LogP contribution is -2.16. The average molecular weight is 519 g/mol. The number of hydrogen-bond donors (Lipinski definition) is 3. The fourth-order valence-electron chi connectivity index (χ4n) is 5.23. The Morgan fingerprint density at radius 1 is 1.16 bits per heavy atom. The first-order valence-electron chi connectivity index (χ1n) is 13.0. The summed E-state index contributed by atoms with van der Waals surface area (Å²) in [4.78, 5) is 14.2. The monoisotopic (exact) mass is 518 g/mol. The molecule has 0 aromatic carbocycles. The molecule has 6 rings (SSSR count). The van der Waals surface area contributed by atoms with E-state index in [1.807, 2.05) is 37.5 Å². The van der Waals surface area contributed by atoms with Gasteiger partial charge in [0.25, 0.3) is 0 Å². The minimum absolute atomic E-state index is 0.530. The summed E-state index contributed by atoms with van der Waals surface area (Å²) in [5.41, 5.74) is 9.33. The van der Waals surface area contributed by atoms with Crippen LogP contribution in [0.3, 0.4) is 0 Å². The van der Waals surface area contributed by atoms with Crippen LogP contribution >= 0.6 is 11.3 Å². The van der Waals surface area contributed by atoms with E-state index in [1.165, 1.54) is 30.6 Å². The lowest BCUT2D eigenvalue weighted by atomic mass is 10.0. The van der Waals surface area contributed by atoms with Crippen molar-refractivity contribution in [2.24, 2.45) is 5.92 Å². The van der Waals surface area contributed by atoms with Crippen molar-refractivity contribution in [1.82, 2.24) is 30.5 Å². The van der Waals surface area contributed by atoms with Crippen LogP contribution in [0.2, 0.25) is 0 Å². The molecule has 0 unspecified atom stereocenters. The molecule has 5 aromatic heterocycles. The van der Waals surface area contributed by atoms with Crippen LogP contribution in [-0.4, -0.2) is 25.1 Å². The number of thiophene rings is 1. The Hall–Kier alpha value is -4.23. The van der Waals surface area contributed by atoms with Gasteiger partial charge in [0.15, 0.2) is 0 Å². The van der Waals surface area contributed by atoms with E-state index >= 15 is 0 Å². The molecule has 0 atom stereocenters. The fourth-order valence-corrected chi connectivity index (χ4v) is 5.99. The third-order valence-corrected chi connectivity index (χ3v) is 8.19. The van der Waals surface area contributed by atoms with E-state index in [0.29, 0.717) is 5.92 Å². The number of hydrogen-bond acceptors (Lipinski definition) is 5. The second kappa shape index (κ2) is 10.3. The third kappa shape index (κ3) is 4.50. The zero-order chi connectivity index (χ0) is 26.1. The zero-order valence-corrected chi connectivity index (χ0v) is 22.2. The van der Waals surface area contributed by atoms with E-state index in [4.69, 9.17) is 4.98 Å². The summed E-state index contributed by atoms with van der Waals surface area (Å²) in [5.74, 6) is 0.530. The molecule has 1 aliphatic carbocycles. The van der Waals surface area contributed by atoms with Crippen LogP contribution in [0.5, 0.6) is 0 Å². The number of aromatic nitrogens is 5. The van der Waals surface area contributed by atoms with Crippen molar-refractivity contribution in [3.05, 3.63) is 96.6 Å². The van der Waals surface area contributed by atoms with E-state index in [0.717, 1.165) is 61.5 Å². The highest BCUT2D eigenvalue weighted by atomic mass is 32.1. The van der Waals surface area contributed by atoms with Gasteiger partial charge >= 0.3 is 0 Å². The molecule has 1 saturated carbocycles. The van der Waals surface area contributed by atoms with Crippen LogP contribution in [0.4, 0.5) is 0 Å². The maximum Gasteiger partial charge on any atom is 0.135 e. The smallest absolute Gasteiger partial charge is 0.135 e. The SMILES string of the molecule is C=C/C(=C\C(=C/C)c1ccc2[nH]nc(-c3cc4c(-c5cccs5)cncc4[nH]3)c2n1)NC(=C)C1CCCC1. The first-order valence-corrected chi connectivity index (χ1v) is 13.9. The summed E-state index contributed by atoms with van der Waals surface area (Å²) in [5, 5.41) is 14.5. The van der Waals surface area contributed by atoms with Crippen molar-refractivity contribution in [3.8, 4) is 21.8 Å². The molecular formula is C31H30N6S. The molecular weight excluding hydrogens is 488 g/mol. The van der Waals surface area contributed by atoms with Crippen LogP contribution in [0, 0.1) is 5.92 Å². The summed E-state index contributed by atoms with van der Waals surface area (Å²) in [6.07, 6.45) is 14.7. The van der Waals surface area contributed by atoms with Gasteiger partial charge < -0.3 is 10.3 Å². The van der Waals surface area contributed by atoms with Crippen LogP contribution in [0.1, 0.15) is 38.3 Å². The second-order valence-corrected chi connectivity index (χ2v) is 10.6. The summed E-state index contributed by atoms with van der Waals surface area (Å²) >= 11 is 1.71. The van der Waals surface area contributed by atoms with E-state index < -0.39 is 0 Å². The number of nitrogens with one attached hydrogen (secondary N) is 3. The van der Waals surface area contributed by atoms with E-state index in [-0.39, 0.29) is 0 Å². The summed E-state index contributed by atoms with van der Waals surface area (Å²) in [6.45, 7) is 10.3. The van der Waals surface area contributed by atoms with E-state index in [9.17, 15) is 0 Å². The number of H-pyrrole nitrogens is 2. The first kappa shape index (κ1) is 24.1. The van der Waals surface area contributed by atoms with Gasteiger partial charge in [-0.2, -0.15) is 5.10 Å². The van der Waals surface area contributed by atoms with Crippen LogP contribution in [-0.2, 0) is 0 Å². The molecule has 7 heteroatoms. The molecule has 0 saturated heterocycles. The number of fused-ring (bicyclic) bond motifs is 2. The molecule has 5 aromatic rings. The lowest BCUT2D eigenvalue weighted by molar-refractivity contribution is 0.607. The molecule has 0 bridgehead atoms. The highest BCUT2D eigenvalue weighted by Gasteiger charge is 2.19. The van der Waals surface area contributed by atoms with E-state index in [2.05, 4.69) is 74.4 Å². The van der Waals surface area contributed by atoms with Gasteiger partial charge in [-0.25, -0.2) is 4.98 Å². The number of allylic oxidation sites excluding steroid dienone is 5. The highest BCUT2D eigenvalue weighted by molar-refractivity contribution is 7.13. The van der Waals surface area contributed by atoms with E-state index in [1.54, 1.807) is 11.3 Å². The molecule has 0 radical (unpaired) electrons. The Balaban J connectivity index is 1.35. The first-order chi connectivity index (χ1) is 18.6. The number of nitrogens with zero attached hydrogens (tertiary/aromatic N) is 3. The largest absolute Gasteiger partial charge is 0.359 e. The fraction of sp³-hybridized carbons (Fsp3) is 0.194. The molecule has 38 heavy (non-hydrogen) atoms. The summed E-state index contributed by atoms with van der Waals surface area (Å²) in [6, 6.07) is 10.4. The van der Waals surface area contributed by atoms with Crippen molar-refractivity contribution >= 4 is 38.8 Å². The van der Waals surface area contributed by atoms with Crippen molar-refractivity contribution in [3.63, 3.8) is 0 Å². The van der Waals surface area contributed by atoms with Crippen molar-refractivity contribution < 1.29 is 0 Å². The second-order valence-electron chi connectivity index (χ2n) is 9.65. The number of pyridine rings is 2. The average Bonchev–Trinajstić information content (AvgIpc) is 3.75.